The topological polar surface area (TPSA) is 91.6 Å². The third-order valence-electron chi connectivity index (χ3n) is 3.78. The molecule has 6 heteroatoms. The molecule has 1 heterocycles. The van der Waals surface area contributed by atoms with Crippen LogP contribution in [0.5, 0.6) is 0 Å². The lowest BCUT2D eigenvalue weighted by molar-refractivity contribution is -0.128. The number of nitrogens with one attached hydrogen (secondary N) is 1. The second-order valence-electron chi connectivity index (χ2n) is 5.40. The van der Waals surface area contributed by atoms with Crippen LogP contribution in [0, 0.1) is 22.7 Å². The van der Waals surface area contributed by atoms with Gasteiger partial charge in [-0.2, -0.15) is 5.26 Å². The number of amides is 1. The number of aryl methyl sites for hydroxylation is 2. The van der Waals surface area contributed by atoms with Gasteiger partial charge in [-0.25, -0.2) is 4.98 Å². The fourth-order valence-electron chi connectivity index (χ4n) is 2.67. The minimum Gasteiger partial charge on any atom is -0.292 e. The summed E-state index contributed by atoms with van der Waals surface area (Å²) in [5.74, 6) is 0.289. The molecule has 0 aliphatic heterocycles. The van der Waals surface area contributed by atoms with Gasteiger partial charge in [0.05, 0.1) is 17.5 Å². The first-order valence-electron chi connectivity index (χ1n) is 6.99. The highest BCUT2D eigenvalue weighted by atomic mass is 16.2. The number of hydrogen-bond donors (Lipinski definition) is 1. The zero-order valence-electron chi connectivity index (χ0n) is 12.1. The molecule has 6 nitrogen and oxygen atoms in total. The number of carbonyl (C=O) groups is 1. The van der Waals surface area contributed by atoms with E-state index in [-0.39, 0.29) is 11.9 Å². The summed E-state index contributed by atoms with van der Waals surface area (Å²) in [5.41, 5.74) is 0.766. The average molecular weight is 273 g/mol. The lowest BCUT2D eigenvalue weighted by Gasteiger charge is -2.38. The molecule has 1 aromatic heterocycles. The third kappa shape index (κ3) is 2.48. The molecule has 1 saturated carbocycles. The first-order valence-corrected chi connectivity index (χ1v) is 6.99. The summed E-state index contributed by atoms with van der Waals surface area (Å²) in [5, 5.41) is 19.9. The van der Waals surface area contributed by atoms with Gasteiger partial charge in [0.2, 0.25) is 11.9 Å². The summed E-state index contributed by atoms with van der Waals surface area (Å²) >= 11 is 0. The van der Waals surface area contributed by atoms with Crippen LogP contribution in [0.25, 0.3) is 0 Å². The Morgan fingerprint density at radius 3 is 2.50 bits per heavy atom. The van der Waals surface area contributed by atoms with Crippen LogP contribution in [0.3, 0.4) is 0 Å². The zero-order chi connectivity index (χ0) is 14.8. The second-order valence-corrected chi connectivity index (χ2v) is 5.40. The summed E-state index contributed by atoms with van der Waals surface area (Å²) in [6, 6.07) is 2.13. The minimum absolute atomic E-state index is 0.193. The Morgan fingerprint density at radius 2 is 2.00 bits per heavy atom. The van der Waals surface area contributed by atoms with E-state index in [2.05, 4.69) is 26.6 Å². The number of carbonyl (C=O) groups excluding carboxylic acids is 1. The monoisotopic (exact) mass is 273 g/mol. The van der Waals surface area contributed by atoms with Gasteiger partial charge in [0.25, 0.3) is 0 Å². The Labute approximate surface area is 118 Å². The Balaban J connectivity index is 2.14. The first-order chi connectivity index (χ1) is 9.54. The molecule has 1 amide bonds. The number of anilines is 1. The fraction of sp³-hybridized carbons (Fsp3) is 0.643. The number of nitriles is 1. The third-order valence-corrected chi connectivity index (χ3v) is 3.78. The van der Waals surface area contributed by atoms with Crippen LogP contribution in [0.4, 0.5) is 5.95 Å². The van der Waals surface area contributed by atoms with Gasteiger partial charge in [0, 0.05) is 0 Å². The zero-order valence-corrected chi connectivity index (χ0v) is 12.1. The predicted octanol–water partition coefficient (Wildman–Crippen LogP) is 1.87. The summed E-state index contributed by atoms with van der Waals surface area (Å²) in [6.45, 7) is 6.01. The van der Waals surface area contributed by atoms with E-state index in [0.717, 1.165) is 24.2 Å². The van der Waals surface area contributed by atoms with Crippen LogP contribution in [0.15, 0.2) is 0 Å². The van der Waals surface area contributed by atoms with Crippen LogP contribution < -0.4 is 5.32 Å². The maximum absolute atomic E-state index is 12.2. The highest BCUT2D eigenvalue weighted by Gasteiger charge is 2.49. The van der Waals surface area contributed by atoms with E-state index in [9.17, 15) is 10.1 Å². The van der Waals surface area contributed by atoms with Gasteiger partial charge < -0.3 is 0 Å². The molecule has 106 valence electrons. The molecular weight excluding hydrogens is 254 g/mol. The van der Waals surface area contributed by atoms with Crippen LogP contribution in [0.2, 0.25) is 0 Å². The van der Waals surface area contributed by atoms with Crippen molar-refractivity contribution in [2.45, 2.75) is 46.5 Å². The molecule has 2 rings (SSSR count). The molecule has 20 heavy (non-hydrogen) atoms. The maximum atomic E-state index is 12.2. The van der Waals surface area contributed by atoms with E-state index in [1.807, 2.05) is 20.8 Å². The summed E-state index contributed by atoms with van der Waals surface area (Å²) in [6.07, 6.45) is 2.69. The molecule has 0 atom stereocenters. The van der Waals surface area contributed by atoms with E-state index in [4.69, 9.17) is 0 Å². The Kier molecular flexibility index (Phi) is 3.98. The van der Waals surface area contributed by atoms with E-state index >= 15 is 0 Å². The van der Waals surface area contributed by atoms with Crippen molar-refractivity contribution in [2.75, 3.05) is 5.32 Å². The van der Waals surface area contributed by atoms with Gasteiger partial charge in [-0.1, -0.05) is 20.8 Å². The Morgan fingerprint density at radius 1 is 1.35 bits per heavy atom. The van der Waals surface area contributed by atoms with Crippen molar-refractivity contribution >= 4 is 11.9 Å². The molecular formula is C14H19N5O. The largest absolute Gasteiger partial charge is 0.292 e. The summed E-state index contributed by atoms with van der Waals surface area (Å²) in [7, 11) is 0. The second kappa shape index (κ2) is 5.53. The molecule has 1 N–H and O–H groups in total. The van der Waals surface area contributed by atoms with Crippen LogP contribution >= 0.6 is 0 Å². The predicted molar refractivity (Wildman–Crippen MR) is 73.7 cm³/mol. The van der Waals surface area contributed by atoms with Gasteiger partial charge in [-0.15, -0.1) is 10.2 Å². The fourth-order valence-corrected chi connectivity index (χ4v) is 2.67. The van der Waals surface area contributed by atoms with Gasteiger partial charge in [0.1, 0.15) is 5.41 Å². The molecule has 1 fully saturated rings. The van der Waals surface area contributed by atoms with Crippen molar-refractivity contribution in [3.05, 3.63) is 11.4 Å². The molecule has 0 aromatic carbocycles. The molecule has 0 saturated heterocycles. The molecule has 1 aromatic rings. The van der Waals surface area contributed by atoms with Gasteiger partial charge in [0.15, 0.2) is 0 Å². The summed E-state index contributed by atoms with van der Waals surface area (Å²) in [4.78, 5) is 16.5. The van der Waals surface area contributed by atoms with E-state index < -0.39 is 5.41 Å². The SMILES string of the molecule is CCc1nnc(NC(=O)C2(C#N)CC(C)C2)nc1CC. The normalized spacial score (nSPS) is 24.6. The lowest BCUT2D eigenvalue weighted by atomic mass is 9.63. The Hall–Kier alpha value is -2.03. The Bertz CT molecular complexity index is 557. The van der Waals surface area contributed by atoms with Crippen molar-refractivity contribution in [2.24, 2.45) is 11.3 Å². The maximum Gasteiger partial charge on any atom is 0.249 e. The van der Waals surface area contributed by atoms with E-state index in [0.29, 0.717) is 18.8 Å². The van der Waals surface area contributed by atoms with Crippen molar-refractivity contribution < 1.29 is 4.79 Å². The molecule has 1 aliphatic rings. The van der Waals surface area contributed by atoms with Crippen LogP contribution in [-0.4, -0.2) is 21.1 Å². The molecule has 0 bridgehead atoms. The standard InChI is InChI=1S/C14H19N5O/c1-4-10-11(5-2)18-19-13(16-10)17-12(20)14(8-15)6-9(3)7-14/h9H,4-7H2,1-3H3,(H,16,17,19,20). The van der Waals surface area contributed by atoms with Crippen molar-refractivity contribution in [1.29, 1.82) is 5.26 Å². The molecule has 0 unspecified atom stereocenters. The number of aromatic nitrogens is 3. The lowest BCUT2D eigenvalue weighted by Crippen LogP contribution is -2.45. The van der Waals surface area contributed by atoms with Crippen LogP contribution in [0.1, 0.15) is 45.0 Å². The van der Waals surface area contributed by atoms with Crippen LogP contribution in [-0.2, 0) is 17.6 Å². The van der Waals surface area contributed by atoms with Gasteiger partial charge in [-0.05, 0) is 31.6 Å². The minimum atomic E-state index is -0.918. The number of nitrogens with zero attached hydrogens (tertiary/aromatic N) is 4. The van der Waals surface area contributed by atoms with Crippen molar-refractivity contribution in [1.82, 2.24) is 15.2 Å². The smallest absolute Gasteiger partial charge is 0.249 e. The average Bonchev–Trinajstić information content (AvgIpc) is 2.43. The molecule has 1 aliphatic carbocycles. The van der Waals surface area contributed by atoms with Gasteiger partial charge in [-0.3, -0.25) is 10.1 Å². The number of rotatable bonds is 4. The molecule has 0 radical (unpaired) electrons. The van der Waals surface area contributed by atoms with Gasteiger partial charge >= 0.3 is 0 Å². The highest BCUT2D eigenvalue weighted by Crippen LogP contribution is 2.45. The summed E-state index contributed by atoms with van der Waals surface area (Å²) < 4.78 is 0. The highest BCUT2D eigenvalue weighted by molar-refractivity contribution is 5.96. The van der Waals surface area contributed by atoms with E-state index in [1.165, 1.54) is 0 Å². The van der Waals surface area contributed by atoms with Crippen molar-refractivity contribution in [3.63, 3.8) is 0 Å². The van der Waals surface area contributed by atoms with E-state index in [1.54, 1.807) is 0 Å². The quantitative estimate of drug-likeness (QED) is 0.904. The van der Waals surface area contributed by atoms with Crippen molar-refractivity contribution in [3.8, 4) is 6.07 Å². The molecule has 0 spiro atoms. The first kappa shape index (κ1) is 14.4. The number of hydrogen-bond acceptors (Lipinski definition) is 5.